The summed E-state index contributed by atoms with van der Waals surface area (Å²) in [5, 5.41) is 2.02. The van der Waals surface area contributed by atoms with E-state index in [1.54, 1.807) is 12.1 Å². The van der Waals surface area contributed by atoms with E-state index >= 15 is 0 Å². The van der Waals surface area contributed by atoms with Crippen LogP contribution in [-0.4, -0.2) is 32.8 Å². The first-order valence-corrected chi connectivity index (χ1v) is 26.1. The summed E-state index contributed by atoms with van der Waals surface area (Å²) in [5.41, 5.74) is 9.24. The average molecular weight is 983 g/mol. The number of rotatable bonds is 5. The molecular formula is C49H52GeIrN4O-2. The molecule has 1 radical (unpaired) electrons. The van der Waals surface area contributed by atoms with Crippen LogP contribution in [0.1, 0.15) is 70.8 Å². The van der Waals surface area contributed by atoms with Gasteiger partial charge in [-0.05, 0) is 54.3 Å². The summed E-state index contributed by atoms with van der Waals surface area (Å²) >= 11 is -2.36. The molecule has 0 saturated heterocycles. The molecule has 0 aliphatic carbocycles. The van der Waals surface area contributed by atoms with Gasteiger partial charge in [0, 0.05) is 36.9 Å². The van der Waals surface area contributed by atoms with Crippen LogP contribution in [0.5, 0.6) is 0 Å². The second-order valence-electron chi connectivity index (χ2n) is 17.3. The third kappa shape index (κ3) is 8.78. The van der Waals surface area contributed by atoms with Crippen LogP contribution in [0.25, 0.3) is 61.4 Å². The second-order valence-corrected chi connectivity index (χ2v) is 27.9. The van der Waals surface area contributed by atoms with E-state index < -0.39 is 31.9 Å². The van der Waals surface area contributed by atoms with Crippen molar-refractivity contribution in [2.45, 2.75) is 84.4 Å². The van der Waals surface area contributed by atoms with E-state index in [1.807, 2.05) is 76.4 Å². The summed E-state index contributed by atoms with van der Waals surface area (Å²) in [7, 11) is 0. The van der Waals surface area contributed by atoms with Gasteiger partial charge in [0.05, 0.1) is 22.4 Å². The minimum Gasteiger partial charge on any atom is 0 e. The molecule has 0 spiro atoms. The predicted octanol–water partition coefficient (Wildman–Crippen LogP) is 12.4. The molecule has 5 nitrogen and oxygen atoms in total. The van der Waals surface area contributed by atoms with Crippen LogP contribution in [0.15, 0.2) is 108 Å². The summed E-state index contributed by atoms with van der Waals surface area (Å²) in [4.78, 5) is 14.2. The van der Waals surface area contributed by atoms with Crippen molar-refractivity contribution in [3.63, 3.8) is 0 Å². The van der Waals surface area contributed by atoms with Gasteiger partial charge < -0.3 is 8.98 Å². The molecule has 0 unspecified atom stereocenters. The van der Waals surface area contributed by atoms with Gasteiger partial charge in [-0.3, -0.25) is 4.98 Å². The van der Waals surface area contributed by atoms with Gasteiger partial charge in [0.1, 0.15) is 0 Å². The van der Waals surface area contributed by atoms with Crippen LogP contribution in [0, 0.1) is 31.3 Å². The first-order chi connectivity index (χ1) is 27.9. The zero-order valence-electron chi connectivity index (χ0n) is 38.8. The SMILES string of the molecule is Cc1ccc2c(n1)oc1c(-c3nc4ccccc4n3-c3ccc(C(C)(C)C)cc3)[c-]ccc12.[2H]C([2H])([2H])c1c[c-]c(-c2cc(C([2H])([2H])C(C)(C)C)[c]([Ge]([CH3])([CH3])[CH3])cn2)cc1.[Ir]. The van der Waals surface area contributed by atoms with Gasteiger partial charge in [0.2, 0.25) is 5.71 Å². The number of nitrogens with zero attached hydrogens (tertiary/aromatic N) is 4. The Balaban J connectivity index is 0.000000206. The van der Waals surface area contributed by atoms with E-state index in [-0.39, 0.29) is 31.1 Å². The quantitative estimate of drug-likeness (QED) is 0.127. The molecule has 0 aliphatic rings. The minimum atomic E-state index is -2.36. The number of benzene rings is 4. The number of aryl methyl sites for hydroxylation is 2. The van der Waals surface area contributed by atoms with E-state index in [0.29, 0.717) is 22.5 Å². The van der Waals surface area contributed by atoms with Crippen LogP contribution >= 0.6 is 0 Å². The molecule has 0 amide bonds. The molecular weight excluding hydrogens is 925 g/mol. The third-order valence-corrected chi connectivity index (χ3v) is 13.8. The fourth-order valence-electron chi connectivity index (χ4n) is 6.74. The first-order valence-electron chi connectivity index (χ1n) is 21.3. The molecule has 0 atom stereocenters. The third-order valence-electron chi connectivity index (χ3n) is 9.52. The van der Waals surface area contributed by atoms with E-state index in [0.717, 1.165) is 54.6 Å². The van der Waals surface area contributed by atoms with Crippen molar-refractivity contribution in [3.8, 4) is 28.3 Å². The van der Waals surface area contributed by atoms with E-state index in [1.165, 1.54) is 11.6 Å². The maximum Gasteiger partial charge on any atom is 0 e. The number of fused-ring (bicyclic) bond motifs is 4. The van der Waals surface area contributed by atoms with Crippen LogP contribution in [0.3, 0.4) is 0 Å². The van der Waals surface area contributed by atoms with Gasteiger partial charge >= 0.3 is 145 Å². The molecule has 0 N–H and O–H groups in total. The van der Waals surface area contributed by atoms with Crippen molar-refractivity contribution >= 4 is 50.8 Å². The Kier molecular flexibility index (Phi) is 9.89. The van der Waals surface area contributed by atoms with Crippen molar-refractivity contribution < 1.29 is 31.4 Å². The molecule has 0 aliphatic heterocycles. The Hall–Kier alpha value is -4.36. The summed E-state index contributed by atoms with van der Waals surface area (Å²) < 4.78 is 49.6. The zero-order valence-corrected chi connectivity index (χ0v) is 38.3. The first kappa shape index (κ1) is 34.9. The van der Waals surface area contributed by atoms with Crippen molar-refractivity contribution in [1.29, 1.82) is 0 Å². The molecule has 4 aromatic carbocycles. The number of imidazole rings is 1. The molecule has 0 saturated carbocycles. The van der Waals surface area contributed by atoms with Gasteiger partial charge in [0.15, 0.2) is 0 Å². The molecule has 0 fully saturated rings. The molecule has 4 heterocycles. The number of para-hydroxylation sites is 2. The van der Waals surface area contributed by atoms with E-state index in [4.69, 9.17) is 16.3 Å². The van der Waals surface area contributed by atoms with Crippen LogP contribution < -0.4 is 4.40 Å². The van der Waals surface area contributed by atoms with Crippen molar-refractivity contribution in [1.82, 2.24) is 19.5 Å². The Morgan fingerprint density at radius 2 is 1.61 bits per heavy atom. The zero-order chi connectivity index (χ0) is 43.6. The van der Waals surface area contributed by atoms with Crippen molar-refractivity contribution in [2.75, 3.05) is 0 Å². The molecule has 8 aromatic rings. The number of furan rings is 1. The van der Waals surface area contributed by atoms with E-state index in [2.05, 4.69) is 101 Å². The van der Waals surface area contributed by atoms with Gasteiger partial charge in [-0.25, -0.2) is 4.98 Å². The van der Waals surface area contributed by atoms with Crippen LogP contribution in [-0.2, 0) is 31.9 Å². The second kappa shape index (κ2) is 15.9. The van der Waals surface area contributed by atoms with Crippen molar-refractivity contribution in [3.05, 3.63) is 138 Å². The fourth-order valence-corrected chi connectivity index (χ4v) is 9.66. The number of aromatic nitrogens is 4. The fraction of sp³-hybridized carbons (Fsp3) is 0.286. The topological polar surface area (TPSA) is 56.7 Å². The summed E-state index contributed by atoms with van der Waals surface area (Å²) in [6, 6.07) is 38.0. The number of pyridine rings is 2. The van der Waals surface area contributed by atoms with Gasteiger partial charge in [-0.2, -0.15) is 0 Å². The van der Waals surface area contributed by atoms with Gasteiger partial charge in [-0.15, -0.1) is 18.2 Å². The maximum absolute atomic E-state index is 8.80. The molecule has 4 aromatic heterocycles. The Morgan fingerprint density at radius 3 is 2.27 bits per heavy atom. The molecule has 0 bridgehead atoms. The summed E-state index contributed by atoms with van der Waals surface area (Å²) in [5.74, 6) is 7.50. The van der Waals surface area contributed by atoms with Gasteiger partial charge in [0.25, 0.3) is 0 Å². The number of hydrogen-bond acceptors (Lipinski definition) is 4. The van der Waals surface area contributed by atoms with Crippen molar-refractivity contribution in [2.24, 2.45) is 5.41 Å². The normalized spacial score (nSPS) is 13.9. The summed E-state index contributed by atoms with van der Waals surface area (Å²) in [6.07, 6.45) is 0.303. The van der Waals surface area contributed by atoms with E-state index in [9.17, 15) is 0 Å². The monoisotopic (exact) mass is 984 g/mol. The van der Waals surface area contributed by atoms with Gasteiger partial charge in [-0.1, -0.05) is 56.0 Å². The number of hydrogen-bond donors (Lipinski definition) is 0. The molecule has 7 heteroatoms. The standard InChI is InChI=1S/C29H24N3O.C20H28GeN.Ir/c1-18-12-17-22-21-8-7-9-23(26(21)33-28(22)30-18)27-31-24-10-5-6-11-25(24)32(27)20-15-13-19(14-16-20)29(2,3)4;1-15-8-10-16(11-9-15)19-12-17(13-20(2,3)4)18(14-22-19)21(5,6)7;/h5-8,10-17H,1-4H3;8-10,12,14H,13H2,1-7H3;/q2*-1;/i;1D3,13D2;. The Morgan fingerprint density at radius 1 is 0.857 bits per heavy atom. The molecule has 56 heavy (non-hydrogen) atoms. The molecule has 289 valence electrons. The maximum atomic E-state index is 8.80. The Bertz CT molecular complexity index is 2840. The summed E-state index contributed by atoms with van der Waals surface area (Å²) in [6.45, 7) is 12.2. The van der Waals surface area contributed by atoms with Crippen LogP contribution in [0.4, 0.5) is 0 Å². The minimum absolute atomic E-state index is 0. The average Bonchev–Trinajstić information content (AvgIpc) is 3.75. The van der Waals surface area contributed by atoms with Crippen LogP contribution in [0.2, 0.25) is 17.3 Å². The largest absolute Gasteiger partial charge is 0 e. The predicted molar refractivity (Wildman–Crippen MR) is 233 cm³/mol. The smallest absolute Gasteiger partial charge is 0 e. The molecule has 8 rings (SSSR count). The Labute approximate surface area is 355 Å².